The van der Waals surface area contributed by atoms with Crippen LogP contribution in [0.15, 0.2) is 23.1 Å². The molecule has 1 amide bonds. The highest BCUT2D eigenvalue weighted by molar-refractivity contribution is 7.89. The molecule has 0 unspecified atom stereocenters. The fraction of sp³-hybridized carbons (Fsp3) is 0.556. The zero-order valence-electron chi connectivity index (χ0n) is 15.8. The van der Waals surface area contributed by atoms with E-state index < -0.39 is 27.3 Å². The Balaban J connectivity index is 2.27. The van der Waals surface area contributed by atoms with Gasteiger partial charge in [-0.05, 0) is 44.9 Å². The van der Waals surface area contributed by atoms with E-state index in [1.54, 1.807) is 0 Å². The molecule has 1 aliphatic rings. The number of rotatable bonds is 7. The Labute approximate surface area is 159 Å². The lowest BCUT2D eigenvalue weighted by atomic mass is 9.89. The van der Waals surface area contributed by atoms with E-state index in [2.05, 4.69) is 5.32 Å². The number of aliphatic carboxylic acids is 1. The van der Waals surface area contributed by atoms with E-state index in [1.807, 2.05) is 0 Å². The molecule has 1 fully saturated rings. The van der Waals surface area contributed by atoms with E-state index in [0.29, 0.717) is 13.1 Å². The van der Waals surface area contributed by atoms with Gasteiger partial charge in [-0.3, -0.25) is 9.59 Å². The molecule has 0 radical (unpaired) electrons. The molecular weight excluding hydrogens is 372 g/mol. The molecule has 0 aliphatic carbocycles. The number of nitrogens with zero attached hydrogens (tertiary/aromatic N) is 1. The lowest BCUT2D eigenvalue weighted by Crippen LogP contribution is -2.35. The van der Waals surface area contributed by atoms with Crippen LogP contribution in [0.2, 0.25) is 0 Å². The zero-order chi connectivity index (χ0) is 20.2. The molecule has 9 heteroatoms. The lowest BCUT2D eigenvalue weighted by molar-refractivity contribution is -0.148. The van der Waals surface area contributed by atoms with Crippen LogP contribution in [0.4, 0.5) is 5.69 Å². The number of anilines is 1. The van der Waals surface area contributed by atoms with E-state index in [4.69, 9.17) is 9.84 Å². The Morgan fingerprint density at radius 2 is 1.85 bits per heavy atom. The van der Waals surface area contributed by atoms with Crippen LogP contribution < -0.4 is 10.1 Å². The van der Waals surface area contributed by atoms with E-state index in [-0.39, 0.29) is 22.8 Å². The SMILES string of the molecule is COc1ccc(NC(=O)CC(C)(C)C(=O)O)cc1S(=O)(=O)N1CCCCC1. The molecule has 0 aromatic heterocycles. The minimum Gasteiger partial charge on any atom is -0.495 e. The fourth-order valence-corrected chi connectivity index (χ4v) is 4.58. The Morgan fingerprint density at radius 1 is 1.22 bits per heavy atom. The predicted octanol–water partition coefficient (Wildman–Crippen LogP) is 2.31. The summed E-state index contributed by atoms with van der Waals surface area (Å²) in [6, 6.07) is 4.36. The number of carbonyl (C=O) groups is 2. The molecule has 0 atom stereocenters. The number of carbonyl (C=O) groups excluding carboxylic acids is 1. The van der Waals surface area contributed by atoms with Crippen molar-refractivity contribution in [1.29, 1.82) is 0 Å². The Morgan fingerprint density at radius 3 is 2.41 bits per heavy atom. The van der Waals surface area contributed by atoms with Crippen molar-refractivity contribution in [2.24, 2.45) is 5.41 Å². The van der Waals surface area contributed by atoms with Crippen molar-refractivity contribution in [3.8, 4) is 5.75 Å². The summed E-state index contributed by atoms with van der Waals surface area (Å²) in [4.78, 5) is 23.3. The Bertz CT molecular complexity index is 813. The van der Waals surface area contributed by atoms with Gasteiger partial charge in [-0.25, -0.2) is 8.42 Å². The van der Waals surface area contributed by atoms with Gasteiger partial charge < -0.3 is 15.2 Å². The van der Waals surface area contributed by atoms with E-state index in [1.165, 1.54) is 43.5 Å². The summed E-state index contributed by atoms with van der Waals surface area (Å²) in [5.74, 6) is -1.39. The third kappa shape index (κ3) is 4.98. The van der Waals surface area contributed by atoms with Gasteiger partial charge in [-0.2, -0.15) is 4.31 Å². The van der Waals surface area contributed by atoms with Crippen LogP contribution in [0.3, 0.4) is 0 Å². The number of carboxylic acids is 1. The van der Waals surface area contributed by atoms with Gasteiger partial charge in [0.25, 0.3) is 0 Å². The van der Waals surface area contributed by atoms with Crippen molar-refractivity contribution in [2.45, 2.75) is 44.4 Å². The molecule has 1 aliphatic heterocycles. The number of benzene rings is 1. The first-order valence-electron chi connectivity index (χ1n) is 8.79. The third-order valence-corrected chi connectivity index (χ3v) is 6.48. The van der Waals surface area contributed by atoms with Gasteiger partial charge in [-0.15, -0.1) is 0 Å². The number of hydrogen-bond acceptors (Lipinski definition) is 5. The van der Waals surface area contributed by atoms with Gasteiger partial charge in [0.1, 0.15) is 10.6 Å². The van der Waals surface area contributed by atoms with Crippen molar-refractivity contribution in [3.05, 3.63) is 18.2 Å². The van der Waals surface area contributed by atoms with Crippen LogP contribution in [0.5, 0.6) is 5.75 Å². The summed E-state index contributed by atoms with van der Waals surface area (Å²) in [6.45, 7) is 3.81. The highest BCUT2D eigenvalue weighted by atomic mass is 32.2. The second kappa shape index (κ2) is 8.26. The summed E-state index contributed by atoms with van der Waals surface area (Å²) < 4.78 is 32.6. The van der Waals surface area contributed by atoms with E-state index in [9.17, 15) is 18.0 Å². The average molecular weight is 398 g/mol. The van der Waals surface area contributed by atoms with Gasteiger partial charge in [0.15, 0.2) is 0 Å². The first kappa shape index (κ1) is 21.2. The maximum absolute atomic E-state index is 13.0. The smallest absolute Gasteiger partial charge is 0.309 e. The summed E-state index contributed by atoms with van der Waals surface area (Å²) >= 11 is 0. The number of methoxy groups -OCH3 is 1. The van der Waals surface area contributed by atoms with Crippen molar-refractivity contribution in [2.75, 3.05) is 25.5 Å². The number of sulfonamides is 1. The van der Waals surface area contributed by atoms with Gasteiger partial charge in [0.05, 0.1) is 12.5 Å². The van der Waals surface area contributed by atoms with E-state index >= 15 is 0 Å². The number of ether oxygens (including phenoxy) is 1. The Kier molecular flexibility index (Phi) is 6.48. The number of amides is 1. The molecule has 0 spiro atoms. The minimum atomic E-state index is -3.75. The number of piperidine rings is 1. The highest BCUT2D eigenvalue weighted by Crippen LogP contribution is 2.31. The van der Waals surface area contributed by atoms with Crippen LogP contribution in [-0.2, 0) is 19.6 Å². The van der Waals surface area contributed by atoms with Crippen LogP contribution in [-0.4, -0.2) is 49.9 Å². The predicted molar refractivity (Wildman–Crippen MR) is 100 cm³/mol. The standard InChI is InChI=1S/C18H26N2O6S/c1-18(2,17(22)23)12-16(21)19-13-7-8-14(26-3)15(11-13)27(24,25)20-9-5-4-6-10-20/h7-8,11H,4-6,9-10,12H2,1-3H3,(H,19,21)(H,22,23). The maximum Gasteiger partial charge on any atom is 0.309 e. The van der Waals surface area contributed by atoms with Crippen LogP contribution in [0, 0.1) is 5.41 Å². The number of carboxylic acid groups (broad SMARTS) is 1. The topological polar surface area (TPSA) is 113 Å². The molecule has 27 heavy (non-hydrogen) atoms. The van der Waals surface area contributed by atoms with Gasteiger partial charge in [-0.1, -0.05) is 6.42 Å². The van der Waals surface area contributed by atoms with Gasteiger partial charge in [0.2, 0.25) is 15.9 Å². The zero-order valence-corrected chi connectivity index (χ0v) is 16.6. The molecule has 2 N–H and O–H groups in total. The first-order chi connectivity index (χ1) is 12.6. The van der Waals surface area contributed by atoms with Crippen molar-refractivity contribution >= 4 is 27.6 Å². The van der Waals surface area contributed by atoms with E-state index in [0.717, 1.165) is 19.3 Å². The van der Waals surface area contributed by atoms with Crippen LogP contribution >= 0.6 is 0 Å². The summed E-state index contributed by atoms with van der Waals surface area (Å²) in [5.41, 5.74) is -0.947. The molecule has 2 rings (SSSR count). The molecule has 1 heterocycles. The molecule has 1 saturated heterocycles. The third-order valence-electron chi connectivity index (χ3n) is 4.56. The van der Waals surface area contributed by atoms with Crippen molar-refractivity contribution in [3.63, 3.8) is 0 Å². The summed E-state index contributed by atoms with van der Waals surface area (Å²) in [5, 5.41) is 11.7. The van der Waals surface area contributed by atoms with Crippen molar-refractivity contribution in [1.82, 2.24) is 4.31 Å². The summed E-state index contributed by atoms with van der Waals surface area (Å²) in [6.07, 6.45) is 2.38. The maximum atomic E-state index is 13.0. The van der Waals surface area contributed by atoms with Gasteiger partial charge in [0, 0.05) is 25.2 Å². The minimum absolute atomic E-state index is 0.0119. The Hall–Kier alpha value is -2.13. The molecule has 8 nitrogen and oxygen atoms in total. The summed E-state index contributed by atoms with van der Waals surface area (Å²) in [7, 11) is -2.36. The quantitative estimate of drug-likeness (QED) is 0.729. The fourth-order valence-electron chi connectivity index (χ4n) is 2.88. The molecule has 1 aromatic carbocycles. The molecule has 0 bridgehead atoms. The van der Waals surface area contributed by atoms with Crippen LogP contribution in [0.25, 0.3) is 0 Å². The normalized spacial score (nSPS) is 16.0. The first-order valence-corrected chi connectivity index (χ1v) is 10.2. The number of nitrogens with one attached hydrogen (secondary N) is 1. The molecule has 1 aromatic rings. The largest absolute Gasteiger partial charge is 0.495 e. The number of hydrogen-bond donors (Lipinski definition) is 2. The average Bonchev–Trinajstić information content (AvgIpc) is 2.61. The molecule has 150 valence electrons. The second-order valence-electron chi connectivity index (χ2n) is 7.24. The molecular formula is C18H26N2O6S. The monoisotopic (exact) mass is 398 g/mol. The second-order valence-corrected chi connectivity index (χ2v) is 9.15. The van der Waals surface area contributed by atoms with Crippen molar-refractivity contribution < 1.29 is 27.9 Å². The highest BCUT2D eigenvalue weighted by Gasteiger charge is 2.31. The van der Waals surface area contributed by atoms with Crippen LogP contribution in [0.1, 0.15) is 39.5 Å². The van der Waals surface area contributed by atoms with Gasteiger partial charge >= 0.3 is 5.97 Å². The molecule has 0 saturated carbocycles. The lowest BCUT2D eigenvalue weighted by Gasteiger charge is -2.26.